The topological polar surface area (TPSA) is 92.3 Å². The highest BCUT2D eigenvalue weighted by Gasteiger charge is 2.18. The summed E-state index contributed by atoms with van der Waals surface area (Å²) in [6, 6.07) is 8.62. The monoisotopic (exact) mass is 493 g/mol. The van der Waals surface area contributed by atoms with Crippen LogP contribution in [-0.2, 0) is 20.7 Å². The summed E-state index contributed by atoms with van der Waals surface area (Å²) in [5.41, 5.74) is 1.52. The van der Waals surface area contributed by atoms with Gasteiger partial charge in [0.2, 0.25) is 0 Å². The van der Waals surface area contributed by atoms with E-state index in [1.807, 2.05) is 25.1 Å². The molecule has 0 aliphatic carbocycles. The minimum absolute atomic E-state index is 0.0219. The van der Waals surface area contributed by atoms with Gasteiger partial charge in [-0.3, -0.25) is 9.59 Å². The number of esters is 1. The van der Waals surface area contributed by atoms with E-state index in [9.17, 15) is 9.59 Å². The number of amides is 1. The van der Waals surface area contributed by atoms with Gasteiger partial charge in [0.25, 0.3) is 5.91 Å². The van der Waals surface area contributed by atoms with Crippen LogP contribution < -0.4 is 24.3 Å². The molecule has 1 N–H and O–H groups in total. The molecular formula is C22H24BrNO7. The van der Waals surface area contributed by atoms with Crippen LogP contribution in [0.5, 0.6) is 23.0 Å². The molecule has 1 heterocycles. The Morgan fingerprint density at radius 1 is 1.06 bits per heavy atom. The first kappa shape index (κ1) is 22.7. The molecule has 0 saturated carbocycles. The molecule has 3 rings (SSSR count). The highest BCUT2D eigenvalue weighted by Crippen LogP contribution is 2.34. The molecule has 0 radical (unpaired) electrons. The molecule has 1 amide bonds. The minimum atomic E-state index is -0.532. The maximum atomic E-state index is 12.2. The van der Waals surface area contributed by atoms with Crippen molar-refractivity contribution in [1.82, 2.24) is 5.32 Å². The van der Waals surface area contributed by atoms with E-state index in [1.165, 1.54) is 14.2 Å². The predicted molar refractivity (Wildman–Crippen MR) is 116 cm³/mol. The molecule has 8 nitrogen and oxygen atoms in total. The number of ether oxygens (including phenoxy) is 5. The second-order valence-electron chi connectivity index (χ2n) is 6.83. The maximum absolute atomic E-state index is 12.2. The molecule has 1 aliphatic rings. The second-order valence-corrected chi connectivity index (χ2v) is 7.68. The van der Waals surface area contributed by atoms with Crippen LogP contribution in [0.15, 0.2) is 34.8 Å². The number of fused-ring (bicyclic) bond motifs is 1. The van der Waals surface area contributed by atoms with E-state index in [4.69, 9.17) is 23.7 Å². The largest absolute Gasteiger partial charge is 0.493 e. The number of hydrogen-bond acceptors (Lipinski definition) is 7. The van der Waals surface area contributed by atoms with E-state index >= 15 is 0 Å². The van der Waals surface area contributed by atoms with Gasteiger partial charge < -0.3 is 29.0 Å². The van der Waals surface area contributed by atoms with Crippen LogP contribution in [0.1, 0.15) is 24.1 Å². The van der Waals surface area contributed by atoms with Crippen LogP contribution in [0.3, 0.4) is 0 Å². The first-order valence-corrected chi connectivity index (χ1v) is 10.5. The molecule has 9 heteroatoms. The first-order chi connectivity index (χ1) is 14.9. The fourth-order valence-corrected chi connectivity index (χ4v) is 3.54. The summed E-state index contributed by atoms with van der Waals surface area (Å²) in [6.45, 7) is 2.47. The molecule has 0 bridgehead atoms. The smallest absolute Gasteiger partial charge is 0.310 e. The van der Waals surface area contributed by atoms with Crippen molar-refractivity contribution >= 4 is 27.8 Å². The Bertz CT molecular complexity index is 963. The lowest BCUT2D eigenvalue weighted by Gasteiger charge is -2.21. The number of carbonyl (C=O) groups excluding carboxylic acids is 2. The summed E-state index contributed by atoms with van der Waals surface area (Å²) in [5.74, 6) is 1.44. The SMILES string of the molecule is COc1cc(Br)c(CC(=O)OCC(=O)N[C@@H](C)c2ccc3c(c2)OCCO3)cc1OC. The van der Waals surface area contributed by atoms with Gasteiger partial charge in [-0.2, -0.15) is 0 Å². The van der Waals surface area contributed by atoms with E-state index in [2.05, 4.69) is 21.2 Å². The maximum Gasteiger partial charge on any atom is 0.310 e. The molecule has 0 aromatic heterocycles. The van der Waals surface area contributed by atoms with Gasteiger partial charge in [0.05, 0.1) is 26.7 Å². The van der Waals surface area contributed by atoms with Gasteiger partial charge in [-0.1, -0.05) is 22.0 Å². The fraction of sp³-hybridized carbons (Fsp3) is 0.364. The Balaban J connectivity index is 1.52. The van der Waals surface area contributed by atoms with Gasteiger partial charge in [-0.15, -0.1) is 0 Å². The first-order valence-electron chi connectivity index (χ1n) is 9.66. The van der Waals surface area contributed by atoms with Crippen molar-refractivity contribution in [3.63, 3.8) is 0 Å². The van der Waals surface area contributed by atoms with E-state index in [0.717, 1.165) is 5.56 Å². The molecule has 166 valence electrons. The number of benzene rings is 2. The molecule has 0 saturated heterocycles. The van der Waals surface area contributed by atoms with Gasteiger partial charge in [0, 0.05) is 4.47 Å². The average molecular weight is 494 g/mol. The highest BCUT2D eigenvalue weighted by atomic mass is 79.9. The number of methoxy groups -OCH3 is 2. The van der Waals surface area contributed by atoms with Crippen molar-refractivity contribution in [2.45, 2.75) is 19.4 Å². The summed E-state index contributed by atoms with van der Waals surface area (Å²) in [6.07, 6.45) is -0.0219. The zero-order valence-corrected chi connectivity index (χ0v) is 19.1. The van der Waals surface area contributed by atoms with Crippen LogP contribution in [0, 0.1) is 0 Å². The highest BCUT2D eigenvalue weighted by molar-refractivity contribution is 9.10. The van der Waals surface area contributed by atoms with Crippen molar-refractivity contribution in [2.75, 3.05) is 34.0 Å². The number of nitrogens with one attached hydrogen (secondary N) is 1. The molecule has 0 spiro atoms. The van der Waals surface area contributed by atoms with Crippen molar-refractivity contribution in [3.8, 4) is 23.0 Å². The summed E-state index contributed by atoms with van der Waals surface area (Å²) in [7, 11) is 3.05. The third-order valence-corrected chi connectivity index (χ3v) is 5.43. The van der Waals surface area contributed by atoms with Gasteiger partial charge in [0.15, 0.2) is 29.6 Å². The van der Waals surface area contributed by atoms with Crippen LogP contribution in [0.4, 0.5) is 0 Å². The van der Waals surface area contributed by atoms with Gasteiger partial charge >= 0.3 is 5.97 Å². The van der Waals surface area contributed by atoms with Gasteiger partial charge in [-0.25, -0.2) is 0 Å². The third kappa shape index (κ3) is 5.81. The number of rotatable bonds is 8. The summed E-state index contributed by atoms with van der Waals surface area (Å²) in [4.78, 5) is 24.4. The lowest BCUT2D eigenvalue weighted by Crippen LogP contribution is -2.31. The lowest BCUT2D eigenvalue weighted by atomic mass is 10.1. The zero-order chi connectivity index (χ0) is 22.4. The third-order valence-electron chi connectivity index (χ3n) is 4.70. The molecule has 2 aromatic rings. The number of halogens is 1. The summed E-state index contributed by atoms with van der Waals surface area (Å²) < 4.78 is 27.4. The van der Waals surface area contributed by atoms with E-state index in [1.54, 1.807) is 12.1 Å². The van der Waals surface area contributed by atoms with Crippen LogP contribution >= 0.6 is 15.9 Å². The molecule has 1 aliphatic heterocycles. The Morgan fingerprint density at radius 2 is 1.74 bits per heavy atom. The fourth-order valence-electron chi connectivity index (χ4n) is 3.08. The molecule has 0 unspecified atom stereocenters. The van der Waals surface area contributed by atoms with Gasteiger partial charge in [-0.05, 0) is 42.3 Å². The molecule has 0 fully saturated rings. The average Bonchev–Trinajstić information content (AvgIpc) is 2.78. The van der Waals surface area contributed by atoms with Crippen molar-refractivity contribution < 1.29 is 33.3 Å². The normalized spacial score (nSPS) is 13.2. The van der Waals surface area contributed by atoms with Crippen molar-refractivity contribution in [1.29, 1.82) is 0 Å². The van der Waals surface area contributed by atoms with Crippen LogP contribution in [0.25, 0.3) is 0 Å². The Hall–Kier alpha value is -2.94. The lowest BCUT2D eigenvalue weighted by molar-refractivity contribution is -0.148. The molecule has 31 heavy (non-hydrogen) atoms. The van der Waals surface area contributed by atoms with Gasteiger partial charge in [0.1, 0.15) is 13.2 Å². The standard InChI is InChI=1S/C22H24BrNO7/c1-13(14-4-5-17-20(8-14)30-7-6-29-17)24-21(25)12-31-22(26)10-15-9-18(27-2)19(28-3)11-16(15)23/h4-5,8-9,11,13H,6-7,10,12H2,1-3H3,(H,24,25)/t13-/m0/s1. The Kier molecular flexibility index (Phi) is 7.62. The van der Waals surface area contributed by atoms with E-state index < -0.39 is 11.9 Å². The minimum Gasteiger partial charge on any atom is -0.493 e. The number of hydrogen-bond donors (Lipinski definition) is 1. The Morgan fingerprint density at radius 3 is 2.45 bits per heavy atom. The quantitative estimate of drug-likeness (QED) is 0.564. The van der Waals surface area contributed by atoms with Crippen LogP contribution in [-0.4, -0.2) is 45.9 Å². The van der Waals surface area contributed by atoms with Crippen molar-refractivity contribution in [3.05, 3.63) is 45.9 Å². The van der Waals surface area contributed by atoms with Crippen LogP contribution in [0.2, 0.25) is 0 Å². The molecular weight excluding hydrogens is 470 g/mol. The molecule has 2 aromatic carbocycles. The number of carbonyl (C=O) groups is 2. The van der Waals surface area contributed by atoms with E-state index in [-0.39, 0.29) is 19.1 Å². The summed E-state index contributed by atoms with van der Waals surface area (Å²) >= 11 is 3.40. The zero-order valence-electron chi connectivity index (χ0n) is 17.5. The van der Waals surface area contributed by atoms with E-state index in [0.29, 0.717) is 46.2 Å². The summed E-state index contributed by atoms with van der Waals surface area (Å²) in [5, 5.41) is 2.81. The Labute approximate surface area is 188 Å². The molecule has 1 atom stereocenters. The second kappa shape index (κ2) is 10.4. The van der Waals surface area contributed by atoms with Crippen molar-refractivity contribution in [2.24, 2.45) is 0 Å². The predicted octanol–water partition coefficient (Wildman–Crippen LogP) is 3.20.